The summed E-state index contributed by atoms with van der Waals surface area (Å²) in [6.45, 7) is 1.75. The first-order valence-electron chi connectivity index (χ1n) is 6.98. The predicted octanol–water partition coefficient (Wildman–Crippen LogP) is 2.24. The molecule has 2 aromatic carbocycles. The summed E-state index contributed by atoms with van der Waals surface area (Å²) < 4.78 is 10.4. The average molecular weight is 314 g/mol. The molecule has 0 saturated carbocycles. The number of aryl methyl sites for hydroxylation is 1. The Balaban J connectivity index is 1.88. The van der Waals surface area contributed by atoms with Gasteiger partial charge in [0.1, 0.15) is 5.75 Å². The number of hydrogen-bond acceptors (Lipinski definition) is 5. The van der Waals surface area contributed by atoms with Crippen molar-refractivity contribution in [3.63, 3.8) is 0 Å². The Labute approximate surface area is 134 Å². The van der Waals surface area contributed by atoms with Gasteiger partial charge in [0, 0.05) is 5.56 Å². The normalized spacial score (nSPS) is 10.5. The maximum absolute atomic E-state index is 11.7. The third-order valence-corrected chi connectivity index (χ3v) is 3.10. The molecule has 2 aromatic rings. The quantitative estimate of drug-likeness (QED) is 0.633. The van der Waals surface area contributed by atoms with Crippen LogP contribution >= 0.6 is 0 Å². The predicted molar refractivity (Wildman–Crippen MR) is 87.1 cm³/mol. The molecule has 0 atom stereocenters. The number of hydrogen-bond donors (Lipinski definition) is 2. The number of carbonyl (C=O) groups excluding carboxylic acids is 1. The molecule has 0 unspecified atom stereocenters. The maximum atomic E-state index is 11.7. The molecule has 23 heavy (non-hydrogen) atoms. The van der Waals surface area contributed by atoms with Crippen molar-refractivity contribution in [1.29, 1.82) is 0 Å². The molecule has 0 aliphatic rings. The summed E-state index contributed by atoms with van der Waals surface area (Å²) in [5, 5.41) is 13.7. The molecule has 120 valence electrons. The molecule has 1 amide bonds. The van der Waals surface area contributed by atoms with Crippen LogP contribution in [0.5, 0.6) is 17.2 Å². The lowest BCUT2D eigenvalue weighted by molar-refractivity contribution is -0.123. The first-order chi connectivity index (χ1) is 11.1. The van der Waals surface area contributed by atoms with Crippen LogP contribution in [0.2, 0.25) is 0 Å². The third-order valence-electron chi connectivity index (χ3n) is 3.10. The molecule has 0 aromatic heterocycles. The summed E-state index contributed by atoms with van der Waals surface area (Å²) in [4.78, 5) is 11.7. The summed E-state index contributed by atoms with van der Waals surface area (Å²) >= 11 is 0. The molecule has 0 heterocycles. The Morgan fingerprint density at radius 2 is 1.96 bits per heavy atom. The number of nitrogens with zero attached hydrogens (tertiary/aromatic N) is 1. The molecule has 0 radical (unpaired) electrons. The molecule has 6 nitrogen and oxygen atoms in total. The highest BCUT2D eigenvalue weighted by atomic mass is 16.5. The number of methoxy groups -OCH3 is 1. The van der Waals surface area contributed by atoms with Crippen LogP contribution in [0, 0.1) is 6.92 Å². The van der Waals surface area contributed by atoms with Crippen molar-refractivity contribution in [1.82, 2.24) is 5.43 Å². The fraction of sp³-hybridized carbons (Fsp3) is 0.176. The van der Waals surface area contributed by atoms with Crippen LogP contribution in [0.25, 0.3) is 0 Å². The van der Waals surface area contributed by atoms with E-state index in [9.17, 15) is 9.90 Å². The maximum Gasteiger partial charge on any atom is 0.277 e. The highest BCUT2D eigenvalue weighted by Gasteiger charge is 2.06. The van der Waals surface area contributed by atoms with Crippen LogP contribution in [0.15, 0.2) is 47.6 Å². The zero-order valence-electron chi connectivity index (χ0n) is 12.9. The number of nitrogens with one attached hydrogen (secondary N) is 1. The number of benzene rings is 2. The smallest absolute Gasteiger partial charge is 0.277 e. The van der Waals surface area contributed by atoms with Gasteiger partial charge in [0.2, 0.25) is 0 Å². The van der Waals surface area contributed by atoms with Crippen LogP contribution in [-0.4, -0.2) is 30.9 Å². The lowest BCUT2D eigenvalue weighted by atomic mass is 10.2. The molecular weight excluding hydrogens is 296 g/mol. The Morgan fingerprint density at radius 3 is 2.70 bits per heavy atom. The average Bonchev–Trinajstić information content (AvgIpc) is 2.55. The second kappa shape index (κ2) is 7.84. The van der Waals surface area contributed by atoms with Crippen molar-refractivity contribution in [2.45, 2.75) is 6.92 Å². The molecule has 0 spiro atoms. The van der Waals surface area contributed by atoms with E-state index in [1.54, 1.807) is 24.3 Å². The topological polar surface area (TPSA) is 80.2 Å². The standard InChI is InChI=1S/C17H18N2O4/c1-12-6-3-4-8-14(12)23-11-16(20)19-18-10-13-7-5-9-15(22-2)17(13)21/h3-10,21H,11H2,1-2H3,(H,19,20)/b18-10+. The van der Waals surface area contributed by atoms with Crippen molar-refractivity contribution in [2.75, 3.05) is 13.7 Å². The van der Waals surface area contributed by atoms with E-state index in [0.717, 1.165) is 5.56 Å². The van der Waals surface area contributed by atoms with Gasteiger partial charge in [0.05, 0.1) is 13.3 Å². The second-order valence-corrected chi connectivity index (χ2v) is 4.75. The summed E-state index contributed by atoms with van der Waals surface area (Å²) in [7, 11) is 1.46. The SMILES string of the molecule is COc1cccc(/C=N/NC(=O)COc2ccccc2C)c1O. The molecule has 6 heteroatoms. The van der Waals surface area contributed by atoms with Crippen LogP contribution in [0.3, 0.4) is 0 Å². The molecular formula is C17H18N2O4. The van der Waals surface area contributed by atoms with Gasteiger partial charge in [-0.3, -0.25) is 4.79 Å². The number of carbonyl (C=O) groups is 1. The summed E-state index contributed by atoms with van der Waals surface area (Å²) in [6, 6.07) is 12.4. The fourth-order valence-corrected chi connectivity index (χ4v) is 1.88. The van der Waals surface area contributed by atoms with Crippen LogP contribution in [0.1, 0.15) is 11.1 Å². The number of hydrazone groups is 1. The largest absolute Gasteiger partial charge is 0.504 e. The molecule has 0 saturated heterocycles. The van der Waals surface area contributed by atoms with E-state index in [0.29, 0.717) is 17.1 Å². The Hall–Kier alpha value is -3.02. The van der Waals surface area contributed by atoms with E-state index >= 15 is 0 Å². The van der Waals surface area contributed by atoms with Gasteiger partial charge in [0.15, 0.2) is 18.1 Å². The number of para-hydroxylation sites is 2. The van der Waals surface area contributed by atoms with Crippen LogP contribution < -0.4 is 14.9 Å². The Kier molecular flexibility index (Phi) is 5.57. The lowest BCUT2D eigenvalue weighted by Gasteiger charge is -2.07. The minimum absolute atomic E-state index is 0.0378. The number of aromatic hydroxyl groups is 1. The summed E-state index contributed by atoms with van der Waals surface area (Å²) in [5.74, 6) is 0.552. The van der Waals surface area contributed by atoms with E-state index < -0.39 is 5.91 Å². The molecule has 0 bridgehead atoms. The van der Waals surface area contributed by atoms with Crippen molar-refractivity contribution in [2.24, 2.45) is 5.10 Å². The Morgan fingerprint density at radius 1 is 1.22 bits per heavy atom. The van der Waals surface area contributed by atoms with Gasteiger partial charge in [0.25, 0.3) is 5.91 Å². The number of phenolic OH excluding ortho intramolecular Hbond substituents is 1. The highest BCUT2D eigenvalue weighted by molar-refractivity contribution is 5.86. The van der Waals surface area contributed by atoms with Crippen molar-refractivity contribution < 1.29 is 19.4 Å². The number of rotatable bonds is 6. The number of ether oxygens (including phenoxy) is 2. The lowest BCUT2D eigenvalue weighted by Crippen LogP contribution is -2.24. The van der Waals surface area contributed by atoms with Gasteiger partial charge in [-0.05, 0) is 30.7 Å². The van der Waals surface area contributed by atoms with Gasteiger partial charge in [-0.25, -0.2) is 5.43 Å². The van der Waals surface area contributed by atoms with E-state index in [1.165, 1.54) is 13.3 Å². The zero-order chi connectivity index (χ0) is 16.7. The van der Waals surface area contributed by atoms with Gasteiger partial charge in [-0.15, -0.1) is 0 Å². The van der Waals surface area contributed by atoms with E-state index in [-0.39, 0.29) is 12.4 Å². The van der Waals surface area contributed by atoms with Gasteiger partial charge >= 0.3 is 0 Å². The first kappa shape index (κ1) is 16.4. The molecule has 2 rings (SSSR count). The monoisotopic (exact) mass is 314 g/mol. The molecule has 0 fully saturated rings. The minimum atomic E-state index is -0.396. The van der Waals surface area contributed by atoms with Crippen LogP contribution in [0.4, 0.5) is 0 Å². The van der Waals surface area contributed by atoms with Gasteiger partial charge < -0.3 is 14.6 Å². The number of phenols is 1. The number of amides is 1. The first-order valence-corrected chi connectivity index (χ1v) is 6.98. The fourth-order valence-electron chi connectivity index (χ4n) is 1.88. The third kappa shape index (κ3) is 4.47. The van der Waals surface area contributed by atoms with Crippen LogP contribution in [-0.2, 0) is 4.79 Å². The van der Waals surface area contributed by atoms with Gasteiger partial charge in [-0.2, -0.15) is 5.10 Å². The summed E-state index contributed by atoms with van der Waals surface area (Å²) in [6.07, 6.45) is 1.34. The van der Waals surface area contributed by atoms with E-state index in [2.05, 4.69) is 10.5 Å². The second-order valence-electron chi connectivity index (χ2n) is 4.75. The van der Waals surface area contributed by atoms with E-state index in [1.807, 2.05) is 25.1 Å². The molecule has 0 aliphatic carbocycles. The minimum Gasteiger partial charge on any atom is -0.504 e. The zero-order valence-corrected chi connectivity index (χ0v) is 12.9. The van der Waals surface area contributed by atoms with Crippen molar-refractivity contribution >= 4 is 12.1 Å². The van der Waals surface area contributed by atoms with E-state index in [4.69, 9.17) is 9.47 Å². The summed E-state index contributed by atoms with van der Waals surface area (Å²) in [5.41, 5.74) is 3.72. The highest BCUT2D eigenvalue weighted by Crippen LogP contribution is 2.27. The molecule has 2 N–H and O–H groups in total. The van der Waals surface area contributed by atoms with Crippen molar-refractivity contribution in [3.8, 4) is 17.2 Å². The molecule has 0 aliphatic heterocycles. The van der Waals surface area contributed by atoms with Crippen molar-refractivity contribution in [3.05, 3.63) is 53.6 Å². The Bertz CT molecular complexity index is 713. The van der Waals surface area contributed by atoms with Gasteiger partial charge in [-0.1, -0.05) is 24.3 Å².